The summed E-state index contributed by atoms with van der Waals surface area (Å²) in [5.74, 6) is -1.02. The number of piperazine rings is 1. The summed E-state index contributed by atoms with van der Waals surface area (Å²) in [6.07, 6.45) is 0. The van der Waals surface area contributed by atoms with Crippen LogP contribution in [0.3, 0.4) is 0 Å². The second-order valence-corrected chi connectivity index (χ2v) is 7.60. The lowest BCUT2D eigenvalue weighted by atomic mass is 10.1. The van der Waals surface area contributed by atoms with E-state index in [4.69, 9.17) is 16.3 Å². The molecule has 0 radical (unpaired) electrons. The van der Waals surface area contributed by atoms with E-state index >= 15 is 0 Å². The van der Waals surface area contributed by atoms with E-state index in [0.717, 1.165) is 11.6 Å². The van der Waals surface area contributed by atoms with Crippen LogP contribution in [0, 0.1) is 11.6 Å². The molecule has 4 nitrogen and oxygen atoms in total. The van der Waals surface area contributed by atoms with Crippen LogP contribution in [0.5, 0.6) is 5.75 Å². The van der Waals surface area contributed by atoms with Gasteiger partial charge in [-0.2, -0.15) is 0 Å². The van der Waals surface area contributed by atoms with Gasteiger partial charge in [-0.1, -0.05) is 23.7 Å². The van der Waals surface area contributed by atoms with E-state index in [9.17, 15) is 13.6 Å². The van der Waals surface area contributed by atoms with Crippen LogP contribution in [0.15, 0.2) is 42.5 Å². The number of benzene rings is 2. The van der Waals surface area contributed by atoms with Gasteiger partial charge in [0, 0.05) is 36.7 Å². The minimum absolute atomic E-state index is 0.00778. The first kappa shape index (κ1) is 20.6. The third-order valence-electron chi connectivity index (χ3n) is 4.98. The standard InChI is InChI=1S/C21H23ClF2N2O2/c1-14-11-26(21(27)13-28-20-8-5-17(22)9-19(20)24)15(2)10-25(14)12-16-3-6-18(23)7-4-16/h3-9,14-15H,10-13H2,1-2H3/t14-,15+/m1/s1. The number of halogens is 3. The smallest absolute Gasteiger partial charge is 0.260 e. The number of amides is 1. The van der Waals surface area contributed by atoms with Gasteiger partial charge in [-0.3, -0.25) is 9.69 Å². The van der Waals surface area contributed by atoms with Crippen LogP contribution in [-0.2, 0) is 11.3 Å². The first-order valence-electron chi connectivity index (χ1n) is 9.19. The minimum Gasteiger partial charge on any atom is -0.481 e. The zero-order chi connectivity index (χ0) is 20.3. The summed E-state index contributed by atoms with van der Waals surface area (Å²) in [6, 6.07) is 10.7. The van der Waals surface area contributed by atoms with Gasteiger partial charge in [0.1, 0.15) is 5.82 Å². The average Bonchev–Trinajstić information content (AvgIpc) is 2.65. The quantitative estimate of drug-likeness (QED) is 0.746. The summed E-state index contributed by atoms with van der Waals surface area (Å²) < 4.78 is 32.2. The molecule has 1 heterocycles. The molecule has 0 N–H and O–H groups in total. The number of hydrogen-bond donors (Lipinski definition) is 0. The van der Waals surface area contributed by atoms with E-state index in [1.54, 1.807) is 17.0 Å². The van der Waals surface area contributed by atoms with Gasteiger partial charge < -0.3 is 9.64 Å². The Hall–Kier alpha value is -2.18. The van der Waals surface area contributed by atoms with Gasteiger partial charge in [0.05, 0.1) is 0 Å². The minimum atomic E-state index is -0.592. The van der Waals surface area contributed by atoms with E-state index in [1.165, 1.54) is 24.3 Å². The van der Waals surface area contributed by atoms with Crippen LogP contribution in [0.2, 0.25) is 5.02 Å². The molecule has 2 aromatic carbocycles. The van der Waals surface area contributed by atoms with Crippen molar-refractivity contribution in [3.8, 4) is 5.75 Å². The first-order chi connectivity index (χ1) is 13.3. The fourth-order valence-electron chi connectivity index (χ4n) is 3.40. The highest BCUT2D eigenvalue weighted by Gasteiger charge is 2.32. The van der Waals surface area contributed by atoms with E-state index in [1.807, 2.05) is 6.92 Å². The van der Waals surface area contributed by atoms with Crippen LogP contribution in [0.4, 0.5) is 8.78 Å². The molecule has 2 atom stereocenters. The van der Waals surface area contributed by atoms with Crippen molar-refractivity contribution < 1.29 is 18.3 Å². The van der Waals surface area contributed by atoms with Crippen molar-refractivity contribution in [2.75, 3.05) is 19.7 Å². The third kappa shape index (κ3) is 5.00. The lowest BCUT2D eigenvalue weighted by molar-refractivity contribution is -0.139. The van der Waals surface area contributed by atoms with Crippen molar-refractivity contribution in [3.63, 3.8) is 0 Å². The number of ether oxygens (including phenoxy) is 1. The Morgan fingerprint density at radius 1 is 1.11 bits per heavy atom. The summed E-state index contributed by atoms with van der Waals surface area (Å²) >= 11 is 5.72. The first-order valence-corrected chi connectivity index (χ1v) is 9.57. The van der Waals surface area contributed by atoms with Crippen molar-refractivity contribution in [2.24, 2.45) is 0 Å². The maximum absolute atomic E-state index is 13.8. The predicted molar refractivity (Wildman–Crippen MR) is 104 cm³/mol. The highest BCUT2D eigenvalue weighted by molar-refractivity contribution is 6.30. The third-order valence-corrected chi connectivity index (χ3v) is 5.21. The monoisotopic (exact) mass is 408 g/mol. The average molecular weight is 409 g/mol. The predicted octanol–water partition coefficient (Wildman–Crippen LogP) is 4.12. The Bertz CT molecular complexity index is 832. The molecular weight excluding hydrogens is 386 g/mol. The van der Waals surface area contributed by atoms with E-state index in [0.29, 0.717) is 19.6 Å². The molecule has 0 saturated carbocycles. The molecule has 0 aliphatic carbocycles. The Labute approximate surface area is 168 Å². The molecule has 0 bridgehead atoms. The molecular formula is C21H23ClF2N2O2. The highest BCUT2D eigenvalue weighted by Crippen LogP contribution is 2.22. The van der Waals surface area contributed by atoms with Crippen LogP contribution < -0.4 is 4.74 Å². The SMILES string of the molecule is C[C@@H]1CN(C(=O)COc2ccc(Cl)cc2F)[C@@H](C)CN1Cc1ccc(F)cc1. The molecule has 1 fully saturated rings. The molecule has 1 aliphatic heterocycles. The molecule has 150 valence electrons. The number of nitrogens with zero attached hydrogens (tertiary/aromatic N) is 2. The molecule has 1 aliphatic rings. The van der Waals surface area contributed by atoms with Gasteiger partial charge >= 0.3 is 0 Å². The Balaban J connectivity index is 1.57. The summed E-state index contributed by atoms with van der Waals surface area (Å²) in [6.45, 7) is 5.74. The van der Waals surface area contributed by atoms with Gasteiger partial charge in [-0.05, 0) is 49.7 Å². The molecule has 2 aromatic rings. The maximum atomic E-state index is 13.8. The number of carbonyl (C=O) groups is 1. The molecule has 0 spiro atoms. The fourth-order valence-corrected chi connectivity index (χ4v) is 3.56. The summed E-state index contributed by atoms with van der Waals surface area (Å²) in [4.78, 5) is 16.6. The van der Waals surface area contributed by atoms with E-state index in [-0.39, 0.29) is 41.2 Å². The van der Waals surface area contributed by atoms with Crippen molar-refractivity contribution >= 4 is 17.5 Å². The van der Waals surface area contributed by atoms with Gasteiger partial charge in [-0.15, -0.1) is 0 Å². The Morgan fingerprint density at radius 2 is 1.82 bits per heavy atom. The summed E-state index contributed by atoms with van der Waals surface area (Å²) in [5, 5.41) is 0.274. The van der Waals surface area contributed by atoms with Crippen molar-refractivity contribution in [3.05, 3.63) is 64.7 Å². The van der Waals surface area contributed by atoms with Gasteiger partial charge in [0.2, 0.25) is 0 Å². The lowest BCUT2D eigenvalue weighted by Gasteiger charge is -2.44. The van der Waals surface area contributed by atoms with Crippen molar-refractivity contribution in [2.45, 2.75) is 32.5 Å². The van der Waals surface area contributed by atoms with E-state index in [2.05, 4.69) is 11.8 Å². The topological polar surface area (TPSA) is 32.8 Å². The molecule has 1 saturated heterocycles. The molecule has 1 amide bonds. The summed E-state index contributed by atoms with van der Waals surface area (Å²) in [7, 11) is 0. The lowest BCUT2D eigenvalue weighted by Crippen LogP contribution is -2.58. The molecule has 3 rings (SSSR count). The second kappa shape index (κ2) is 8.88. The van der Waals surface area contributed by atoms with Crippen LogP contribution >= 0.6 is 11.6 Å². The number of hydrogen-bond acceptors (Lipinski definition) is 3. The zero-order valence-corrected chi connectivity index (χ0v) is 16.6. The van der Waals surface area contributed by atoms with Gasteiger partial charge in [0.15, 0.2) is 18.2 Å². The van der Waals surface area contributed by atoms with Crippen LogP contribution in [-0.4, -0.2) is 47.5 Å². The Kier molecular flexibility index (Phi) is 6.52. The molecule has 28 heavy (non-hydrogen) atoms. The highest BCUT2D eigenvalue weighted by atomic mass is 35.5. The van der Waals surface area contributed by atoms with Crippen molar-refractivity contribution in [1.82, 2.24) is 9.80 Å². The van der Waals surface area contributed by atoms with Gasteiger partial charge in [-0.25, -0.2) is 8.78 Å². The largest absolute Gasteiger partial charge is 0.481 e. The van der Waals surface area contributed by atoms with Gasteiger partial charge in [0.25, 0.3) is 5.91 Å². The Morgan fingerprint density at radius 3 is 2.50 bits per heavy atom. The number of rotatable bonds is 5. The maximum Gasteiger partial charge on any atom is 0.260 e. The molecule has 0 aromatic heterocycles. The summed E-state index contributed by atoms with van der Waals surface area (Å²) in [5.41, 5.74) is 1.03. The van der Waals surface area contributed by atoms with Crippen LogP contribution in [0.25, 0.3) is 0 Å². The fraction of sp³-hybridized carbons (Fsp3) is 0.381. The zero-order valence-electron chi connectivity index (χ0n) is 15.9. The normalized spacial score (nSPS) is 20.2. The number of carbonyl (C=O) groups excluding carboxylic acids is 1. The van der Waals surface area contributed by atoms with Crippen LogP contribution in [0.1, 0.15) is 19.4 Å². The second-order valence-electron chi connectivity index (χ2n) is 7.16. The molecule has 7 heteroatoms. The van der Waals surface area contributed by atoms with E-state index < -0.39 is 5.82 Å². The molecule has 0 unspecified atom stereocenters. The van der Waals surface area contributed by atoms with Crippen molar-refractivity contribution in [1.29, 1.82) is 0 Å².